The second kappa shape index (κ2) is 5.59. The van der Waals surface area contributed by atoms with Crippen molar-refractivity contribution < 1.29 is 0 Å². The Bertz CT molecular complexity index is 302. The van der Waals surface area contributed by atoms with E-state index in [2.05, 4.69) is 23.2 Å². The summed E-state index contributed by atoms with van der Waals surface area (Å²) in [6.45, 7) is 6.30. The van der Waals surface area contributed by atoms with Gasteiger partial charge in [0.25, 0.3) is 0 Å². The molecule has 1 fully saturated rings. The van der Waals surface area contributed by atoms with E-state index in [1.54, 1.807) is 0 Å². The lowest BCUT2D eigenvalue weighted by Gasteiger charge is -2.31. The van der Waals surface area contributed by atoms with E-state index in [0.717, 1.165) is 31.2 Å². The van der Waals surface area contributed by atoms with Gasteiger partial charge in [0, 0.05) is 26.2 Å². The third-order valence-corrected chi connectivity index (χ3v) is 2.93. The van der Waals surface area contributed by atoms with E-state index in [0.29, 0.717) is 0 Å². The molecule has 4 heteroatoms. The molecule has 1 heterocycles. The lowest BCUT2D eigenvalue weighted by molar-refractivity contribution is 0.588. The number of nitrogens with one attached hydrogen (secondary N) is 1. The Balaban J connectivity index is 0.00000112. The fraction of sp³-hybridized carbons (Fsp3) is 0.455. The van der Waals surface area contributed by atoms with Crippen LogP contribution < -0.4 is 10.2 Å². The van der Waals surface area contributed by atoms with Gasteiger partial charge in [0.05, 0.1) is 10.7 Å². The Kier molecular flexibility index (Phi) is 4.71. The molecule has 0 aliphatic carbocycles. The molecule has 2 rings (SSSR count). The van der Waals surface area contributed by atoms with Gasteiger partial charge >= 0.3 is 0 Å². The Hall–Kier alpha value is -0.440. The zero-order valence-corrected chi connectivity index (χ0v) is 10.4. The smallest absolute Gasteiger partial charge is 0.0642 e. The fourth-order valence-electron chi connectivity index (χ4n) is 1.91. The number of anilines is 1. The van der Waals surface area contributed by atoms with Gasteiger partial charge in [0.2, 0.25) is 0 Å². The van der Waals surface area contributed by atoms with Crippen molar-refractivity contribution in [1.82, 2.24) is 5.32 Å². The minimum atomic E-state index is 0. The van der Waals surface area contributed by atoms with Crippen LogP contribution in [0.1, 0.15) is 5.56 Å². The second-order valence-electron chi connectivity index (χ2n) is 3.64. The molecule has 1 saturated heterocycles. The summed E-state index contributed by atoms with van der Waals surface area (Å²) in [6, 6.07) is 6.08. The SMILES string of the molecule is Cc1cccc(Cl)c1N1CCNCC1.Cl. The highest BCUT2D eigenvalue weighted by atomic mass is 35.5. The van der Waals surface area contributed by atoms with Crippen LogP contribution in [0.3, 0.4) is 0 Å². The highest BCUT2D eigenvalue weighted by Gasteiger charge is 2.14. The first-order valence-electron chi connectivity index (χ1n) is 5.00. The van der Waals surface area contributed by atoms with Gasteiger partial charge in [-0.3, -0.25) is 0 Å². The predicted octanol–water partition coefficient (Wildman–Crippen LogP) is 2.48. The number of benzene rings is 1. The molecule has 0 bridgehead atoms. The van der Waals surface area contributed by atoms with Crippen molar-refractivity contribution in [1.29, 1.82) is 0 Å². The zero-order chi connectivity index (χ0) is 9.97. The molecule has 0 radical (unpaired) electrons. The van der Waals surface area contributed by atoms with Crippen molar-refractivity contribution in [3.05, 3.63) is 28.8 Å². The number of rotatable bonds is 1. The molecule has 1 aliphatic heterocycles. The van der Waals surface area contributed by atoms with Crippen LogP contribution in [0, 0.1) is 6.92 Å². The molecular weight excluding hydrogens is 231 g/mol. The van der Waals surface area contributed by atoms with E-state index < -0.39 is 0 Å². The van der Waals surface area contributed by atoms with Crippen molar-refractivity contribution in [2.75, 3.05) is 31.1 Å². The molecule has 0 spiro atoms. The Morgan fingerprint density at radius 3 is 2.53 bits per heavy atom. The van der Waals surface area contributed by atoms with Gasteiger partial charge in [-0.15, -0.1) is 12.4 Å². The number of nitrogens with zero attached hydrogens (tertiary/aromatic N) is 1. The van der Waals surface area contributed by atoms with Crippen LogP contribution >= 0.6 is 24.0 Å². The second-order valence-corrected chi connectivity index (χ2v) is 4.05. The van der Waals surface area contributed by atoms with Crippen LogP contribution in [0.25, 0.3) is 0 Å². The first-order valence-corrected chi connectivity index (χ1v) is 5.37. The molecule has 1 aromatic carbocycles. The first-order chi connectivity index (χ1) is 6.79. The molecule has 1 aliphatic rings. The van der Waals surface area contributed by atoms with Crippen LogP contribution in [-0.2, 0) is 0 Å². The van der Waals surface area contributed by atoms with Crippen LogP contribution in [-0.4, -0.2) is 26.2 Å². The number of aryl methyl sites for hydroxylation is 1. The quantitative estimate of drug-likeness (QED) is 0.820. The van der Waals surface area contributed by atoms with Crippen molar-refractivity contribution in [2.45, 2.75) is 6.92 Å². The highest BCUT2D eigenvalue weighted by molar-refractivity contribution is 6.33. The molecule has 2 nitrogen and oxygen atoms in total. The number of hydrogen-bond acceptors (Lipinski definition) is 2. The lowest BCUT2D eigenvalue weighted by atomic mass is 10.1. The van der Waals surface area contributed by atoms with Crippen LogP contribution in [0.4, 0.5) is 5.69 Å². The normalized spacial score (nSPS) is 16.0. The van der Waals surface area contributed by atoms with Crippen LogP contribution in [0.5, 0.6) is 0 Å². The van der Waals surface area contributed by atoms with Gasteiger partial charge in [-0.1, -0.05) is 23.7 Å². The molecule has 0 unspecified atom stereocenters. The Morgan fingerprint density at radius 1 is 1.27 bits per heavy atom. The molecule has 15 heavy (non-hydrogen) atoms. The number of para-hydroxylation sites is 1. The third kappa shape index (κ3) is 2.77. The maximum absolute atomic E-state index is 6.20. The van der Waals surface area contributed by atoms with Gasteiger partial charge in [-0.25, -0.2) is 0 Å². The average molecular weight is 247 g/mol. The largest absolute Gasteiger partial charge is 0.368 e. The summed E-state index contributed by atoms with van der Waals surface area (Å²) in [4.78, 5) is 2.36. The topological polar surface area (TPSA) is 15.3 Å². The minimum absolute atomic E-state index is 0. The lowest BCUT2D eigenvalue weighted by Crippen LogP contribution is -2.43. The average Bonchev–Trinajstić information content (AvgIpc) is 2.19. The molecule has 1 N–H and O–H groups in total. The van der Waals surface area contributed by atoms with Crippen molar-refractivity contribution >= 4 is 29.7 Å². The summed E-state index contributed by atoms with van der Waals surface area (Å²) in [5.41, 5.74) is 2.47. The number of piperazine rings is 1. The van der Waals surface area contributed by atoms with E-state index in [9.17, 15) is 0 Å². The van der Waals surface area contributed by atoms with Gasteiger partial charge < -0.3 is 10.2 Å². The zero-order valence-electron chi connectivity index (χ0n) is 8.79. The van der Waals surface area contributed by atoms with Gasteiger partial charge in [0.15, 0.2) is 0 Å². The summed E-state index contributed by atoms with van der Waals surface area (Å²) < 4.78 is 0. The molecule has 1 aromatic rings. The Labute approximate surface area is 102 Å². The summed E-state index contributed by atoms with van der Waals surface area (Å²) in [5, 5.41) is 4.21. The van der Waals surface area contributed by atoms with Crippen molar-refractivity contribution in [3.8, 4) is 0 Å². The van der Waals surface area contributed by atoms with Gasteiger partial charge in [0.1, 0.15) is 0 Å². The van der Waals surface area contributed by atoms with Crippen LogP contribution in [0.2, 0.25) is 5.02 Å². The molecule has 0 atom stereocenters. The number of halogens is 2. The standard InChI is InChI=1S/C11H15ClN2.ClH/c1-9-3-2-4-10(12)11(9)14-7-5-13-6-8-14;/h2-4,13H,5-8H2,1H3;1H. The molecule has 0 amide bonds. The van der Waals surface area contributed by atoms with Crippen molar-refractivity contribution in [3.63, 3.8) is 0 Å². The van der Waals surface area contributed by atoms with E-state index in [-0.39, 0.29) is 12.4 Å². The Morgan fingerprint density at radius 2 is 1.93 bits per heavy atom. The maximum atomic E-state index is 6.20. The summed E-state index contributed by atoms with van der Waals surface area (Å²) in [7, 11) is 0. The molecular formula is C11H16Cl2N2. The number of hydrogen-bond donors (Lipinski definition) is 1. The van der Waals surface area contributed by atoms with E-state index >= 15 is 0 Å². The third-order valence-electron chi connectivity index (χ3n) is 2.62. The predicted molar refractivity (Wildman–Crippen MR) is 68.5 cm³/mol. The highest BCUT2D eigenvalue weighted by Crippen LogP contribution is 2.29. The molecule has 0 aromatic heterocycles. The molecule has 0 saturated carbocycles. The van der Waals surface area contributed by atoms with E-state index in [1.807, 2.05) is 12.1 Å². The minimum Gasteiger partial charge on any atom is -0.368 e. The van der Waals surface area contributed by atoms with E-state index in [4.69, 9.17) is 11.6 Å². The van der Waals surface area contributed by atoms with Gasteiger partial charge in [-0.2, -0.15) is 0 Å². The first kappa shape index (κ1) is 12.6. The van der Waals surface area contributed by atoms with E-state index in [1.165, 1.54) is 11.3 Å². The molecule has 84 valence electrons. The summed E-state index contributed by atoms with van der Waals surface area (Å²) in [5.74, 6) is 0. The monoisotopic (exact) mass is 246 g/mol. The maximum Gasteiger partial charge on any atom is 0.0642 e. The fourth-order valence-corrected chi connectivity index (χ4v) is 2.25. The van der Waals surface area contributed by atoms with Gasteiger partial charge in [-0.05, 0) is 18.6 Å². The van der Waals surface area contributed by atoms with Crippen LogP contribution in [0.15, 0.2) is 18.2 Å². The summed E-state index contributed by atoms with van der Waals surface area (Å²) >= 11 is 6.20. The summed E-state index contributed by atoms with van der Waals surface area (Å²) in [6.07, 6.45) is 0. The van der Waals surface area contributed by atoms with Crippen molar-refractivity contribution in [2.24, 2.45) is 0 Å².